The molecule has 2 heterocycles. The predicted molar refractivity (Wildman–Crippen MR) is 98.4 cm³/mol. The molecular formula is C15H18BrClN4O3S. The van der Waals surface area contributed by atoms with Gasteiger partial charge in [0.2, 0.25) is 10.0 Å². The normalized spacial score (nSPS) is 14.5. The lowest BCUT2D eigenvalue weighted by Gasteiger charge is -2.09. The van der Waals surface area contributed by atoms with Gasteiger partial charge in [-0.2, -0.15) is 5.10 Å². The molecule has 0 amide bonds. The highest BCUT2D eigenvalue weighted by Crippen LogP contribution is 2.24. The van der Waals surface area contributed by atoms with Crippen molar-refractivity contribution in [2.45, 2.75) is 43.7 Å². The van der Waals surface area contributed by atoms with Crippen molar-refractivity contribution >= 4 is 37.6 Å². The number of hydrogen-bond acceptors (Lipinski definition) is 4. The molecule has 0 spiro atoms. The minimum atomic E-state index is -3.69. The topological polar surface area (TPSA) is 86.0 Å². The van der Waals surface area contributed by atoms with Gasteiger partial charge < -0.3 is 0 Å². The molecule has 1 aromatic heterocycles. The van der Waals surface area contributed by atoms with Crippen LogP contribution in [0.4, 0.5) is 0 Å². The third-order valence-electron chi connectivity index (χ3n) is 4.05. The third-order valence-corrected chi connectivity index (χ3v) is 6.49. The second-order valence-corrected chi connectivity index (χ2v) is 8.92. The number of halogens is 2. The number of hydrogen-bond donors (Lipinski definition) is 1. The molecule has 3 rings (SSSR count). The lowest BCUT2D eigenvalue weighted by molar-refractivity contribution is 0.508. The van der Waals surface area contributed by atoms with E-state index in [2.05, 4.69) is 25.8 Å². The van der Waals surface area contributed by atoms with Crippen LogP contribution in [-0.2, 0) is 29.5 Å². The minimum Gasteiger partial charge on any atom is -0.279 e. The Morgan fingerprint density at radius 3 is 2.84 bits per heavy atom. The summed E-state index contributed by atoms with van der Waals surface area (Å²) in [5.74, 6) is 0.818. The average Bonchev–Trinajstić information content (AvgIpc) is 2.88. The first-order chi connectivity index (χ1) is 11.9. The second-order valence-electron chi connectivity index (χ2n) is 5.86. The first-order valence-electron chi connectivity index (χ1n) is 8.00. The van der Waals surface area contributed by atoms with Crippen LogP contribution < -0.4 is 10.4 Å². The quantitative estimate of drug-likeness (QED) is 0.685. The number of benzene rings is 1. The summed E-state index contributed by atoms with van der Waals surface area (Å²) in [6, 6.07) is 4.60. The Labute approximate surface area is 159 Å². The molecule has 1 aliphatic heterocycles. The Balaban J connectivity index is 1.60. The average molecular weight is 450 g/mol. The van der Waals surface area contributed by atoms with E-state index in [1.165, 1.54) is 16.8 Å². The lowest BCUT2D eigenvalue weighted by atomic mass is 10.2. The second kappa shape index (κ2) is 7.61. The monoisotopic (exact) mass is 448 g/mol. The Kier molecular flexibility index (Phi) is 5.67. The number of aryl methyl sites for hydroxylation is 2. The maximum Gasteiger partial charge on any atom is 0.345 e. The first kappa shape index (κ1) is 18.6. The van der Waals surface area contributed by atoms with Gasteiger partial charge in [0.1, 0.15) is 10.7 Å². The van der Waals surface area contributed by atoms with Crippen molar-refractivity contribution in [3.05, 3.63) is 44.0 Å². The van der Waals surface area contributed by atoms with Gasteiger partial charge in [-0.3, -0.25) is 4.57 Å². The van der Waals surface area contributed by atoms with E-state index in [1.807, 2.05) is 0 Å². The molecule has 0 atom stereocenters. The summed E-state index contributed by atoms with van der Waals surface area (Å²) in [5, 5.41) is 4.48. The zero-order valence-electron chi connectivity index (χ0n) is 13.4. The van der Waals surface area contributed by atoms with Gasteiger partial charge >= 0.3 is 5.69 Å². The lowest BCUT2D eigenvalue weighted by Crippen LogP contribution is -2.29. The summed E-state index contributed by atoms with van der Waals surface area (Å²) in [6.45, 7) is 1.28. The van der Waals surface area contributed by atoms with Gasteiger partial charge in [0.15, 0.2) is 0 Å². The summed E-state index contributed by atoms with van der Waals surface area (Å²) in [5.41, 5.74) is -0.117. The van der Waals surface area contributed by atoms with E-state index in [-0.39, 0.29) is 22.2 Å². The van der Waals surface area contributed by atoms with Gasteiger partial charge in [-0.1, -0.05) is 27.5 Å². The summed E-state index contributed by atoms with van der Waals surface area (Å²) in [6.07, 6.45) is 3.32. The van der Waals surface area contributed by atoms with Crippen molar-refractivity contribution in [3.8, 4) is 0 Å². The SMILES string of the molecule is O=c1n(CCCNS(=O)(=O)c2ccc(Br)cc2Cl)nc2n1CCCC2. The van der Waals surface area contributed by atoms with Crippen LogP contribution in [0.2, 0.25) is 5.02 Å². The van der Waals surface area contributed by atoms with Crippen molar-refractivity contribution < 1.29 is 8.42 Å². The maximum absolute atomic E-state index is 12.3. The van der Waals surface area contributed by atoms with E-state index in [0.29, 0.717) is 24.0 Å². The molecule has 0 bridgehead atoms. The van der Waals surface area contributed by atoms with Crippen LogP contribution in [0, 0.1) is 0 Å². The molecule has 1 aliphatic rings. The smallest absolute Gasteiger partial charge is 0.279 e. The number of aromatic nitrogens is 3. The van der Waals surface area contributed by atoms with Crippen molar-refractivity contribution in [1.82, 2.24) is 19.1 Å². The van der Waals surface area contributed by atoms with E-state index in [9.17, 15) is 13.2 Å². The van der Waals surface area contributed by atoms with Crippen LogP contribution >= 0.6 is 27.5 Å². The summed E-state index contributed by atoms with van der Waals surface area (Å²) < 4.78 is 30.9. The molecule has 0 saturated carbocycles. The van der Waals surface area contributed by atoms with Crippen LogP contribution in [0.3, 0.4) is 0 Å². The van der Waals surface area contributed by atoms with Gasteiger partial charge in [0.05, 0.1) is 5.02 Å². The molecular weight excluding hydrogens is 432 g/mol. The van der Waals surface area contributed by atoms with Gasteiger partial charge in [-0.25, -0.2) is 22.6 Å². The zero-order valence-corrected chi connectivity index (χ0v) is 16.6. The Bertz CT molecular complexity index is 939. The molecule has 25 heavy (non-hydrogen) atoms. The molecule has 136 valence electrons. The third kappa shape index (κ3) is 4.16. The number of sulfonamides is 1. The fraction of sp³-hybridized carbons (Fsp3) is 0.467. The highest BCUT2D eigenvalue weighted by Gasteiger charge is 2.18. The zero-order chi connectivity index (χ0) is 18.0. The van der Waals surface area contributed by atoms with Crippen molar-refractivity contribution in [3.63, 3.8) is 0 Å². The fourth-order valence-corrected chi connectivity index (χ4v) is 4.91. The Morgan fingerprint density at radius 2 is 2.12 bits per heavy atom. The Morgan fingerprint density at radius 1 is 1.32 bits per heavy atom. The highest BCUT2D eigenvalue weighted by molar-refractivity contribution is 9.10. The van der Waals surface area contributed by atoms with Gasteiger partial charge in [-0.05, 0) is 37.5 Å². The molecule has 2 aromatic rings. The molecule has 1 aromatic carbocycles. The molecule has 1 N–H and O–H groups in total. The summed E-state index contributed by atoms with van der Waals surface area (Å²) in [4.78, 5) is 12.2. The largest absolute Gasteiger partial charge is 0.345 e. The predicted octanol–water partition coefficient (Wildman–Crippen LogP) is 2.17. The van der Waals surface area contributed by atoms with Crippen LogP contribution in [0.1, 0.15) is 25.1 Å². The number of nitrogens with zero attached hydrogens (tertiary/aromatic N) is 3. The molecule has 0 aliphatic carbocycles. The van der Waals surface area contributed by atoms with Crippen molar-refractivity contribution in [1.29, 1.82) is 0 Å². The van der Waals surface area contributed by atoms with Gasteiger partial charge in [0, 0.05) is 30.5 Å². The number of nitrogens with one attached hydrogen (secondary N) is 1. The molecule has 0 unspecified atom stereocenters. The van der Waals surface area contributed by atoms with Crippen LogP contribution in [0.5, 0.6) is 0 Å². The number of rotatable bonds is 6. The van der Waals surface area contributed by atoms with E-state index in [1.54, 1.807) is 10.6 Å². The molecule has 0 radical (unpaired) electrons. The maximum atomic E-state index is 12.3. The van der Waals surface area contributed by atoms with Crippen molar-refractivity contribution in [2.75, 3.05) is 6.54 Å². The van der Waals surface area contributed by atoms with Gasteiger partial charge in [0.25, 0.3) is 0 Å². The summed E-state index contributed by atoms with van der Waals surface area (Å²) in [7, 11) is -3.69. The fourth-order valence-electron chi connectivity index (χ4n) is 2.80. The summed E-state index contributed by atoms with van der Waals surface area (Å²) >= 11 is 9.24. The minimum absolute atomic E-state index is 0.0342. The van der Waals surface area contributed by atoms with Gasteiger partial charge in [-0.15, -0.1) is 0 Å². The molecule has 7 nitrogen and oxygen atoms in total. The van der Waals surface area contributed by atoms with E-state index in [4.69, 9.17) is 11.6 Å². The van der Waals surface area contributed by atoms with Crippen LogP contribution in [-0.4, -0.2) is 29.3 Å². The number of fused-ring (bicyclic) bond motifs is 1. The molecule has 0 fully saturated rings. The van der Waals surface area contributed by atoms with Crippen molar-refractivity contribution in [2.24, 2.45) is 0 Å². The van der Waals surface area contributed by atoms with E-state index < -0.39 is 10.0 Å². The standard InChI is InChI=1S/C15H18BrClN4O3S/c16-11-5-6-13(12(17)10-11)25(23,24)18-7-3-9-21-15(22)20-8-2-1-4-14(20)19-21/h5-6,10,18H,1-4,7-9H2. The van der Waals surface area contributed by atoms with Crippen LogP contribution in [0.15, 0.2) is 32.4 Å². The Hall–Kier alpha value is -1.16. The van der Waals surface area contributed by atoms with E-state index in [0.717, 1.165) is 25.1 Å². The highest BCUT2D eigenvalue weighted by atomic mass is 79.9. The first-order valence-corrected chi connectivity index (χ1v) is 10.6. The van der Waals surface area contributed by atoms with Crippen LogP contribution in [0.25, 0.3) is 0 Å². The van der Waals surface area contributed by atoms with E-state index >= 15 is 0 Å². The molecule has 10 heteroatoms. The molecule has 0 saturated heterocycles.